The van der Waals surface area contributed by atoms with E-state index in [-0.39, 0.29) is 22.6 Å². The molecule has 2 amide bonds. The second-order valence-electron chi connectivity index (χ2n) is 11.5. The number of benzene rings is 2. The summed E-state index contributed by atoms with van der Waals surface area (Å²) in [5.41, 5.74) is 1.70. The Morgan fingerprint density at radius 1 is 0.861 bits per heavy atom. The Morgan fingerprint density at radius 3 is 2.06 bits per heavy atom. The second kappa shape index (κ2) is 11.2. The van der Waals surface area contributed by atoms with Crippen molar-refractivity contribution < 1.29 is 14.3 Å². The molecule has 2 heterocycles. The van der Waals surface area contributed by atoms with Crippen molar-refractivity contribution in [1.29, 1.82) is 0 Å². The molecule has 6 heteroatoms. The summed E-state index contributed by atoms with van der Waals surface area (Å²) in [6.07, 6.45) is 5.30. The molecule has 0 spiro atoms. The van der Waals surface area contributed by atoms with Gasteiger partial charge in [0, 0.05) is 48.6 Å². The second-order valence-corrected chi connectivity index (χ2v) is 11.9. The van der Waals surface area contributed by atoms with E-state index in [0.717, 1.165) is 50.1 Å². The Kier molecular flexibility index (Phi) is 8.29. The molecule has 5 nitrogen and oxygen atoms in total. The van der Waals surface area contributed by atoms with Crippen molar-refractivity contribution >= 4 is 23.4 Å². The van der Waals surface area contributed by atoms with Gasteiger partial charge in [0.25, 0.3) is 5.91 Å². The van der Waals surface area contributed by atoms with Gasteiger partial charge in [0.1, 0.15) is 5.75 Å². The summed E-state index contributed by atoms with van der Waals surface area (Å²) in [6.45, 7) is 9.91. The van der Waals surface area contributed by atoms with E-state index in [2.05, 4.69) is 32.9 Å². The summed E-state index contributed by atoms with van der Waals surface area (Å²) in [5, 5.41) is 0.666. The molecule has 2 aromatic rings. The van der Waals surface area contributed by atoms with Gasteiger partial charge in [0.05, 0.1) is 6.61 Å². The molecule has 0 atom stereocenters. The quantitative estimate of drug-likeness (QED) is 0.455. The van der Waals surface area contributed by atoms with Crippen molar-refractivity contribution in [2.24, 2.45) is 5.41 Å². The van der Waals surface area contributed by atoms with E-state index in [0.29, 0.717) is 31.1 Å². The number of piperidine rings is 2. The number of ether oxygens (including phenoxy) is 1. The van der Waals surface area contributed by atoms with E-state index in [1.165, 1.54) is 12.0 Å². The van der Waals surface area contributed by atoms with Gasteiger partial charge in [0.15, 0.2) is 0 Å². The van der Waals surface area contributed by atoms with Crippen LogP contribution in [0.3, 0.4) is 0 Å². The van der Waals surface area contributed by atoms with Crippen molar-refractivity contribution in [3.63, 3.8) is 0 Å². The third-order valence-electron chi connectivity index (χ3n) is 7.70. The largest absolute Gasteiger partial charge is 0.493 e. The minimum absolute atomic E-state index is 0.0529. The van der Waals surface area contributed by atoms with Crippen LogP contribution in [0.5, 0.6) is 5.75 Å². The van der Waals surface area contributed by atoms with Gasteiger partial charge in [-0.25, -0.2) is 0 Å². The maximum atomic E-state index is 13.3. The summed E-state index contributed by atoms with van der Waals surface area (Å²) in [6, 6.07) is 15.3. The summed E-state index contributed by atoms with van der Waals surface area (Å²) in [4.78, 5) is 30.5. The SMILES string of the molecule is CC(C)(C)c1ccc(C(=O)N2CCC(COc3ccc(Cl)cc3)(CC(=O)N3CCCCC3)CC2)cc1. The zero-order valence-electron chi connectivity index (χ0n) is 21.9. The molecule has 2 aliphatic rings. The van der Waals surface area contributed by atoms with Crippen LogP contribution in [-0.2, 0) is 10.2 Å². The Balaban J connectivity index is 1.44. The van der Waals surface area contributed by atoms with Crippen LogP contribution in [0.1, 0.15) is 75.2 Å². The Morgan fingerprint density at radius 2 is 1.47 bits per heavy atom. The number of carbonyl (C=O) groups excluding carboxylic acids is 2. The smallest absolute Gasteiger partial charge is 0.253 e. The van der Waals surface area contributed by atoms with E-state index in [1.807, 2.05) is 46.2 Å². The number of amides is 2. The van der Waals surface area contributed by atoms with Gasteiger partial charge in [0.2, 0.25) is 5.91 Å². The van der Waals surface area contributed by atoms with Crippen molar-refractivity contribution in [2.45, 2.75) is 64.7 Å². The molecule has 2 aliphatic heterocycles. The first-order chi connectivity index (χ1) is 17.2. The molecule has 0 saturated carbocycles. The average molecular weight is 511 g/mol. The van der Waals surface area contributed by atoms with E-state index in [9.17, 15) is 9.59 Å². The van der Waals surface area contributed by atoms with Crippen molar-refractivity contribution in [3.8, 4) is 5.75 Å². The number of hydrogen-bond donors (Lipinski definition) is 0. The van der Waals surface area contributed by atoms with E-state index in [1.54, 1.807) is 0 Å². The third-order valence-corrected chi connectivity index (χ3v) is 7.95. The van der Waals surface area contributed by atoms with Crippen LogP contribution in [-0.4, -0.2) is 54.4 Å². The standard InChI is InChI=1S/C30H39ClN2O3/c1-29(2,3)24-9-7-23(8-10-24)28(35)33-19-15-30(16-20-33,21-27(34)32-17-5-4-6-18-32)22-36-26-13-11-25(31)12-14-26/h7-14H,4-6,15-22H2,1-3H3. The summed E-state index contributed by atoms with van der Waals surface area (Å²) < 4.78 is 6.18. The lowest BCUT2D eigenvalue weighted by Crippen LogP contribution is -2.48. The van der Waals surface area contributed by atoms with Gasteiger partial charge in [-0.3, -0.25) is 9.59 Å². The van der Waals surface area contributed by atoms with E-state index in [4.69, 9.17) is 16.3 Å². The molecule has 194 valence electrons. The predicted molar refractivity (Wildman–Crippen MR) is 145 cm³/mol. The first-order valence-electron chi connectivity index (χ1n) is 13.2. The maximum absolute atomic E-state index is 13.3. The van der Waals surface area contributed by atoms with Crippen LogP contribution in [0, 0.1) is 5.41 Å². The first kappa shape index (κ1) is 26.5. The van der Waals surface area contributed by atoms with E-state index < -0.39 is 0 Å². The van der Waals surface area contributed by atoms with Crippen molar-refractivity contribution in [3.05, 3.63) is 64.7 Å². The third kappa shape index (κ3) is 6.61. The van der Waals surface area contributed by atoms with Gasteiger partial charge in [-0.15, -0.1) is 0 Å². The van der Waals surface area contributed by atoms with Gasteiger partial charge in [-0.05, 0) is 79.5 Å². The number of likely N-dealkylation sites (tertiary alicyclic amines) is 2. The zero-order valence-corrected chi connectivity index (χ0v) is 22.7. The minimum Gasteiger partial charge on any atom is -0.493 e. The fourth-order valence-electron chi connectivity index (χ4n) is 5.19. The highest BCUT2D eigenvalue weighted by molar-refractivity contribution is 6.30. The van der Waals surface area contributed by atoms with Crippen LogP contribution in [0.15, 0.2) is 48.5 Å². The molecule has 0 unspecified atom stereocenters. The fraction of sp³-hybridized carbons (Fsp3) is 0.533. The number of halogens is 1. The Labute approximate surface area is 220 Å². The predicted octanol–water partition coefficient (Wildman–Crippen LogP) is 6.34. The summed E-state index contributed by atoms with van der Waals surface area (Å²) in [5.74, 6) is 1.03. The molecule has 36 heavy (non-hydrogen) atoms. The van der Waals surface area contributed by atoms with Crippen LogP contribution in [0.25, 0.3) is 0 Å². The molecule has 0 N–H and O–H groups in total. The number of rotatable bonds is 6. The molecule has 0 radical (unpaired) electrons. The monoisotopic (exact) mass is 510 g/mol. The van der Waals surface area contributed by atoms with Gasteiger partial charge in [-0.1, -0.05) is 44.5 Å². The highest BCUT2D eigenvalue weighted by Crippen LogP contribution is 2.37. The number of carbonyl (C=O) groups is 2. The van der Waals surface area contributed by atoms with E-state index >= 15 is 0 Å². The van der Waals surface area contributed by atoms with Crippen LogP contribution in [0.2, 0.25) is 5.02 Å². The van der Waals surface area contributed by atoms with Crippen LogP contribution < -0.4 is 4.74 Å². The topological polar surface area (TPSA) is 49.9 Å². The lowest BCUT2D eigenvalue weighted by Gasteiger charge is -2.42. The van der Waals surface area contributed by atoms with Crippen molar-refractivity contribution in [1.82, 2.24) is 9.80 Å². The zero-order chi connectivity index (χ0) is 25.8. The van der Waals surface area contributed by atoms with Crippen LogP contribution >= 0.6 is 11.6 Å². The average Bonchev–Trinajstić information content (AvgIpc) is 2.88. The highest BCUT2D eigenvalue weighted by atomic mass is 35.5. The molecule has 4 rings (SSSR count). The van der Waals surface area contributed by atoms with Gasteiger partial charge < -0.3 is 14.5 Å². The first-order valence-corrected chi connectivity index (χ1v) is 13.6. The lowest BCUT2D eigenvalue weighted by molar-refractivity contribution is -0.136. The summed E-state index contributed by atoms with van der Waals surface area (Å²) in [7, 11) is 0. The Bertz CT molecular complexity index is 1030. The molecular formula is C30H39ClN2O3. The van der Waals surface area contributed by atoms with Crippen LogP contribution in [0.4, 0.5) is 0 Å². The highest BCUT2D eigenvalue weighted by Gasteiger charge is 2.40. The number of hydrogen-bond acceptors (Lipinski definition) is 3. The molecule has 2 fully saturated rings. The normalized spacial score (nSPS) is 18.1. The lowest BCUT2D eigenvalue weighted by atomic mass is 9.75. The summed E-state index contributed by atoms with van der Waals surface area (Å²) >= 11 is 6.03. The molecule has 0 aliphatic carbocycles. The fourth-order valence-corrected chi connectivity index (χ4v) is 5.32. The maximum Gasteiger partial charge on any atom is 0.253 e. The van der Waals surface area contributed by atoms with Gasteiger partial charge in [-0.2, -0.15) is 0 Å². The Hall–Kier alpha value is -2.53. The molecular weight excluding hydrogens is 472 g/mol. The van der Waals surface area contributed by atoms with Crippen molar-refractivity contribution in [2.75, 3.05) is 32.8 Å². The molecule has 2 aromatic carbocycles. The minimum atomic E-state index is -0.291. The molecule has 0 aromatic heterocycles. The van der Waals surface area contributed by atoms with Gasteiger partial charge >= 0.3 is 0 Å². The molecule has 0 bridgehead atoms. The number of nitrogens with zero attached hydrogens (tertiary/aromatic N) is 2. The molecule has 2 saturated heterocycles.